The molecule has 1 saturated heterocycles. The molecule has 0 atom stereocenters. The molecule has 14 heavy (non-hydrogen) atoms. The van der Waals surface area contributed by atoms with Gasteiger partial charge >= 0.3 is 0 Å². The molecule has 0 radical (unpaired) electrons. The second-order valence-corrected chi connectivity index (χ2v) is 4.78. The Balaban J connectivity index is 1.94. The van der Waals surface area contributed by atoms with Crippen LogP contribution in [0.1, 0.15) is 6.42 Å². The van der Waals surface area contributed by atoms with E-state index in [2.05, 4.69) is 22.9 Å². The van der Waals surface area contributed by atoms with Gasteiger partial charge in [0.1, 0.15) is 0 Å². The summed E-state index contributed by atoms with van der Waals surface area (Å²) in [5.74, 6) is 1.73. The predicted molar refractivity (Wildman–Crippen MR) is 57.9 cm³/mol. The van der Waals surface area contributed by atoms with Crippen molar-refractivity contribution >= 4 is 11.8 Å². The van der Waals surface area contributed by atoms with E-state index in [0.29, 0.717) is 6.67 Å². The van der Waals surface area contributed by atoms with Gasteiger partial charge in [-0.2, -0.15) is 5.06 Å². The van der Waals surface area contributed by atoms with Crippen molar-refractivity contribution in [2.24, 2.45) is 0 Å². The van der Waals surface area contributed by atoms with Gasteiger partial charge in [0.2, 0.25) is 0 Å². The molecule has 2 heterocycles. The molecule has 0 spiro atoms. The van der Waals surface area contributed by atoms with Crippen molar-refractivity contribution in [3.8, 4) is 0 Å². The third-order valence-corrected chi connectivity index (χ3v) is 3.59. The summed E-state index contributed by atoms with van der Waals surface area (Å²) in [5.41, 5.74) is 1.38. The van der Waals surface area contributed by atoms with Crippen molar-refractivity contribution < 1.29 is 5.21 Å². The fourth-order valence-corrected chi connectivity index (χ4v) is 2.60. The van der Waals surface area contributed by atoms with Crippen LogP contribution in [0.4, 0.5) is 0 Å². The lowest BCUT2D eigenvalue weighted by molar-refractivity contribution is -0.105. The molecular formula is C9H17N3OS. The molecule has 0 saturated carbocycles. The number of likely N-dealkylation sites (N-methyl/N-ethyl adjacent to an activating group) is 1. The van der Waals surface area contributed by atoms with Crippen LogP contribution in [0.2, 0.25) is 0 Å². The van der Waals surface area contributed by atoms with Gasteiger partial charge in [0.15, 0.2) is 0 Å². The number of rotatable bonds is 1. The maximum Gasteiger partial charge on any atom is 0.0958 e. The van der Waals surface area contributed by atoms with Crippen LogP contribution in [-0.4, -0.2) is 58.6 Å². The summed E-state index contributed by atoms with van der Waals surface area (Å²) in [6.07, 6.45) is 3.37. The minimum absolute atomic E-state index is 0.655. The van der Waals surface area contributed by atoms with E-state index in [-0.39, 0.29) is 0 Å². The van der Waals surface area contributed by atoms with E-state index in [0.717, 1.165) is 31.3 Å². The van der Waals surface area contributed by atoms with Gasteiger partial charge < -0.3 is 15.0 Å². The highest BCUT2D eigenvalue weighted by Gasteiger charge is 2.19. The van der Waals surface area contributed by atoms with E-state index in [1.807, 2.05) is 0 Å². The Morgan fingerprint density at radius 2 is 2.29 bits per heavy atom. The predicted octanol–water partition coefficient (Wildman–Crippen LogP) is 0.818. The van der Waals surface area contributed by atoms with Gasteiger partial charge in [-0.15, -0.1) is 11.8 Å². The average Bonchev–Trinajstić information content (AvgIpc) is 2.19. The first-order chi connectivity index (χ1) is 6.75. The quantitative estimate of drug-likeness (QED) is 0.699. The molecule has 2 rings (SSSR count). The number of hydrogen-bond donors (Lipinski definition) is 1. The standard InChI is InChI=1S/C9H17N3OS/c1-10-4-2-9(3-5-10)11-6-12(13)8-14-7-11/h2,13H,3-8H2,1H3. The molecule has 0 bridgehead atoms. The summed E-state index contributed by atoms with van der Waals surface area (Å²) in [7, 11) is 2.14. The Labute approximate surface area is 89.1 Å². The van der Waals surface area contributed by atoms with Gasteiger partial charge in [-0.05, 0) is 13.5 Å². The lowest BCUT2D eigenvalue weighted by Crippen LogP contribution is -2.41. The molecule has 1 N–H and O–H groups in total. The third kappa shape index (κ3) is 2.42. The van der Waals surface area contributed by atoms with Crippen LogP contribution in [0.15, 0.2) is 11.8 Å². The highest BCUT2D eigenvalue weighted by Crippen LogP contribution is 2.21. The Kier molecular flexibility index (Phi) is 3.33. The van der Waals surface area contributed by atoms with Crippen molar-refractivity contribution in [3.63, 3.8) is 0 Å². The fraction of sp³-hybridized carbons (Fsp3) is 0.778. The first-order valence-electron chi connectivity index (χ1n) is 4.90. The molecule has 4 nitrogen and oxygen atoms in total. The van der Waals surface area contributed by atoms with E-state index < -0.39 is 0 Å². The van der Waals surface area contributed by atoms with Gasteiger partial charge in [-0.25, -0.2) is 0 Å². The SMILES string of the molecule is CN1CC=C(N2CSCN(O)C2)CC1. The van der Waals surface area contributed by atoms with E-state index in [4.69, 9.17) is 0 Å². The largest absolute Gasteiger partial charge is 0.351 e. The number of nitrogens with zero attached hydrogens (tertiary/aromatic N) is 3. The molecule has 0 amide bonds. The van der Waals surface area contributed by atoms with Crippen LogP contribution in [0, 0.1) is 0 Å². The number of thioether (sulfide) groups is 1. The molecule has 0 aromatic carbocycles. The Hall–Kier alpha value is -0.230. The second kappa shape index (κ2) is 4.53. The molecule has 0 aliphatic carbocycles. The van der Waals surface area contributed by atoms with Crippen molar-refractivity contribution in [1.29, 1.82) is 0 Å². The summed E-state index contributed by atoms with van der Waals surface area (Å²) >= 11 is 1.75. The lowest BCUT2D eigenvalue weighted by atomic mass is 10.2. The molecule has 2 aliphatic heterocycles. The summed E-state index contributed by atoms with van der Waals surface area (Å²) in [4.78, 5) is 4.55. The normalized spacial score (nSPS) is 26.4. The van der Waals surface area contributed by atoms with Crippen LogP contribution in [0.5, 0.6) is 0 Å². The highest BCUT2D eigenvalue weighted by atomic mass is 32.2. The Bertz CT molecular complexity index is 234. The zero-order valence-corrected chi connectivity index (χ0v) is 9.33. The topological polar surface area (TPSA) is 30.0 Å². The van der Waals surface area contributed by atoms with E-state index in [1.54, 1.807) is 11.8 Å². The lowest BCUT2D eigenvalue weighted by Gasteiger charge is -2.36. The molecule has 0 aromatic rings. The maximum atomic E-state index is 9.40. The fourth-order valence-electron chi connectivity index (χ4n) is 1.76. The maximum absolute atomic E-state index is 9.40. The van der Waals surface area contributed by atoms with Crippen molar-refractivity contribution in [2.45, 2.75) is 6.42 Å². The van der Waals surface area contributed by atoms with E-state index in [1.165, 1.54) is 10.8 Å². The van der Waals surface area contributed by atoms with Crippen LogP contribution in [0.25, 0.3) is 0 Å². The van der Waals surface area contributed by atoms with Gasteiger partial charge in [-0.1, -0.05) is 6.08 Å². The summed E-state index contributed by atoms with van der Waals surface area (Å²) < 4.78 is 0. The zero-order valence-electron chi connectivity index (χ0n) is 8.52. The van der Waals surface area contributed by atoms with Crippen molar-refractivity contribution in [3.05, 3.63) is 11.8 Å². The number of hydroxylamine groups is 2. The summed E-state index contributed by atoms with van der Waals surface area (Å²) in [6.45, 7) is 2.81. The Morgan fingerprint density at radius 3 is 2.93 bits per heavy atom. The van der Waals surface area contributed by atoms with Gasteiger partial charge in [0, 0.05) is 18.8 Å². The minimum Gasteiger partial charge on any atom is -0.351 e. The summed E-state index contributed by atoms with van der Waals surface area (Å²) in [5, 5.41) is 10.8. The second-order valence-electron chi connectivity index (χ2n) is 3.86. The van der Waals surface area contributed by atoms with E-state index in [9.17, 15) is 5.21 Å². The molecule has 80 valence electrons. The van der Waals surface area contributed by atoms with Crippen molar-refractivity contribution in [1.82, 2.24) is 14.9 Å². The van der Waals surface area contributed by atoms with Crippen LogP contribution >= 0.6 is 11.8 Å². The van der Waals surface area contributed by atoms with Crippen molar-refractivity contribution in [2.75, 3.05) is 38.6 Å². The van der Waals surface area contributed by atoms with Crippen LogP contribution in [-0.2, 0) is 0 Å². The molecule has 5 heteroatoms. The number of hydrogen-bond acceptors (Lipinski definition) is 5. The third-order valence-electron chi connectivity index (χ3n) is 2.62. The zero-order chi connectivity index (χ0) is 9.97. The van der Waals surface area contributed by atoms with Gasteiger partial charge in [-0.3, -0.25) is 0 Å². The minimum atomic E-state index is 0.655. The smallest absolute Gasteiger partial charge is 0.0958 e. The highest BCUT2D eigenvalue weighted by molar-refractivity contribution is 7.99. The van der Waals surface area contributed by atoms with Crippen LogP contribution < -0.4 is 0 Å². The Morgan fingerprint density at radius 1 is 1.43 bits per heavy atom. The summed E-state index contributed by atoms with van der Waals surface area (Å²) in [6, 6.07) is 0. The first-order valence-corrected chi connectivity index (χ1v) is 6.05. The van der Waals surface area contributed by atoms with Crippen LogP contribution in [0.3, 0.4) is 0 Å². The van der Waals surface area contributed by atoms with Gasteiger partial charge in [0.05, 0.1) is 18.4 Å². The molecule has 2 aliphatic rings. The molecule has 0 aromatic heterocycles. The monoisotopic (exact) mass is 215 g/mol. The van der Waals surface area contributed by atoms with Gasteiger partial charge in [0.25, 0.3) is 0 Å². The van der Waals surface area contributed by atoms with E-state index >= 15 is 0 Å². The average molecular weight is 215 g/mol. The molecular weight excluding hydrogens is 198 g/mol. The first kappa shape index (κ1) is 10.3. The molecule has 1 fully saturated rings. The molecule has 0 unspecified atom stereocenters.